The van der Waals surface area contributed by atoms with Gasteiger partial charge in [0.1, 0.15) is 11.6 Å². The molecule has 8 heteroatoms. The molecule has 128 valence electrons. The van der Waals surface area contributed by atoms with Crippen molar-refractivity contribution in [3.8, 4) is 0 Å². The molecular weight excluding hydrogens is 417 g/mol. The molecule has 0 bridgehead atoms. The maximum atomic E-state index is 13.5. The van der Waals surface area contributed by atoms with Crippen LogP contribution in [0.15, 0.2) is 23.2 Å². The minimum absolute atomic E-state index is 0. The zero-order valence-corrected chi connectivity index (χ0v) is 15.1. The van der Waals surface area contributed by atoms with Crippen molar-refractivity contribution in [1.82, 2.24) is 4.90 Å². The molecule has 0 aromatic heterocycles. The molecule has 0 unspecified atom stereocenters. The Hall–Kier alpha value is -1.00. The van der Waals surface area contributed by atoms with Gasteiger partial charge < -0.3 is 15.8 Å². The van der Waals surface area contributed by atoms with E-state index in [0.717, 1.165) is 57.3 Å². The molecule has 1 heterocycles. The molecule has 0 amide bonds. The van der Waals surface area contributed by atoms with Crippen LogP contribution < -0.4 is 11.1 Å². The van der Waals surface area contributed by atoms with E-state index in [2.05, 4.69) is 15.2 Å². The third kappa shape index (κ3) is 4.51. The zero-order valence-electron chi connectivity index (χ0n) is 12.7. The Labute approximate surface area is 151 Å². The first-order valence-corrected chi connectivity index (χ1v) is 7.44. The van der Waals surface area contributed by atoms with Gasteiger partial charge in [-0.25, -0.2) is 8.78 Å². The topological polar surface area (TPSA) is 62.9 Å². The monoisotopic (exact) mass is 438 g/mol. The van der Waals surface area contributed by atoms with Crippen LogP contribution in [0.3, 0.4) is 0 Å². The molecule has 23 heavy (non-hydrogen) atoms. The second-order valence-electron chi connectivity index (χ2n) is 5.77. The van der Waals surface area contributed by atoms with Gasteiger partial charge in [-0.1, -0.05) is 0 Å². The number of rotatable bonds is 4. The summed E-state index contributed by atoms with van der Waals surface area (Å²) < 4.78 is 32.0. The van der Waals surface area contributed by atoms with Gasteiger partial charge >= 0.3 is 0 Å². The molecular formula is C15H21F2IN4O. The average molecular weight is 438 g/mol. The number of benzene rings is 1. The number of aliphatic imine (C=N–C) groups is 1. The predicted octanol–water partition coefficient (Wildman–Crippen LogP) is 2.17. The lowest BCUT2D eigenvalue weighted by molar-refractivity contribution is 0.0117. The van der Waals surface area contributed by atoms with Crippen molar-refractivity contribution >= 4 is 35.6 Å². The van der Waals surface area contributed by atoms with Crippen LogP contribution in [0.2, 0.25) is 0 Å². The van der Waals surface area contributed by atoms with Gasteiger partial charge in [0.05, 0.1) is 25.4 Å². The summed E-state index contributed by atoms with van der Waals surface area (Å²) in [7, 11) is 0. The number of hydrogen-bond acceptors (Lipinski definition) is 3. The highest BCUT2D eigenvalue weighted by atomic mass is 127. The molecule has 1 aliphatic heterocycles. The first-order valence-electron chi connectivity index (χ1n) is 7.44. The Morgan fingerprint density at radius 3 is 2.65 bits per heavy atom. The second kappa shape index (κ2) is 7.71. The standard InChI is InChI=1S/C15H20F2N4O.HI/c16-11-1-2-12(17)13(9-11)20-14(18)19-10-15(3-4-15)21-5-7-22-8-6-21;/h1-2,9H,3-8,10H2,(H3,18,19,20);1H. The van der Waals surface area contributed by atoms with Gasteiger partial charge in [0, 0.05) is 24.7 Å². The van der Waals surface area contributed by atoms with E-state index in [4.69, 9.17) is 10.5 Å². The minimum atomic E-state index is -0.561. The number of morpholine rings is 1. The number of nitrogens with two attached hydrogens (primary N) is 1. The molecule has 1 aromatic carbocycles. The number of nitrogens with one attached hydrogen (secondary N) is 1. The van der Waals surface area contributed by atoms with Crippen LogP contribution in [0.25, 0.3) is 0 Å². The summed E-state index contributed by atoms with van der Waals surface area (Å²) in [5.41, 5.74) is 5.86. The summed E-state index contributed by atoms with van der Waals surface area (Å²) in [5, 5.41) is 2.62. The second-order valence-corrected chi connectivity index (χ2v) is 5.77. The lowest BCUT2D eigenvalue weighted by Crippen LogP contribution is -2.47. The summed E-state index contributed by atoms with van der Waals surface area (Å²) in [6.45, 7) is 3.85. The molecule has 5 nitrogen and oxygen atoms in total. The molecule has 1 saturated carbocycles. The Morgan fingerprint density at radius 2 is 2.00 bits per heavy atom. The maximum Gasteiger partial charge on any atom is 0.193 e. The number of anilines is 1. The van der Waals surface area contributed by atoms with Crippen molar-refractivity contribution in [2.24, 2.45) is 10.7 Å². The summed E-state index contributed by atoms with van der Waals surface area (Å²) in [4.78, 5) is 6.70. The lowest BCUT2D eigenvalue weighted by atomic mass is 10.2. The van der Waals surface area contributed by atoms with Gasteiger partial charge in [-0.3, -0.25) is 9.89 Å². The largest absolute Gasteiger partial charge is 0.379 e. The molecule has 1 aromatic rings. The number of halogens is 3. The normalized spacial score (nSPS) is 20.7. The fourth-order valence-electron chi connectivity index (χ4n) is 2.76. The van der Waals surface area contributed by atoms with Gasteiger partial charge in [-0.2, -0.15) is 0 Å². The van der Waals surface area contributed by atoms with Crippen LogP contribution in [-0.2, 0) is 4.74 Å². The smallest absolute Gasteiger partial charge is 0.193 e. The number of guanidine groups is 1. The van der Waals surface area contributed by atoms with Crippen molar-refractivity contribution in [2.75, 3.05) is 38.2 Å². The predicted molar refractivity (Wildman–Crippen MR) is 96.2 cm³/mol. The Bertz CT molecular complexity index is 575. The first kappa shape index (κ1) is 18.3. The lowest BCUT2D eigenvalue weighted by Gasteiger charge is -2.34. The van der Waals surface area contributed by atoms with Crippen LogP contribution in [0.5, 0.6) is 0 Å². The average Bonchev–Trinajstić information content (AvgIpc) is 3.31. The SMILES string of the molecule is I.NC(=NCC1(N2CCOCC2)CC1)Nc1cc(F)ccc1F. The van der Waals surface area contributed by atoms with E-state index in [9.17, 15) is 8.78 Å². The highest BCUT2D eigenvalue weighted by molar-refractivity contribution is 14.0. The first-order chi connectivity index (χ1) is 10.6. The summed E-state index contributed by atoms with van der Waals surface area (Å²) in [5.74, 6) is -0.985. The molecule has 0 radical (unpaired) electrons. The molecule has 1 aliphatic carbocycles. The number of ether oxygens (including phenoxy) is 1. The van der Waals surface area contributed by atoms with Crippen LogP contribution in [0, 0.1) is 11.6 Å². The van der Waals surface area contributed by atoms with Crippen LogP contribution in [-0.4, -0.2) is 49.2 Å². The Morgan fingerprint density at radius 1 is 1.30 bits per heavy atom. The summed E-state index contributed by atoms with van der Waals surface area (Å²) in [6.07, 6.45) is 2.16. The van der Waals surface area contributed by atoms with Crippen LogP contribution in [0.1, 0.15) is 12.8 Å². The van der Waals surface area contributed by atoms with Crippen molar-refractivity contribution in [3.63, 3.8) is 0 Å². The zero-order chi connectivity index (χ0) is 15.6. The third-order valence-electron chi connectivity index (χ3n) is 4.24. The molecule has 2 fully saturated rings. The fraction of sp³-hybridized carbons (Fsp3) is 0.533. The molecule has 0 spiro atoms. The number of nitrogens with zero attached hydrogens (tertiary/aromatic N) is 2. The van der Waals surface area contributed by atoms with E-state index in [0.29, 0.717) is 6.54 Å². The van der Waals surface area contributed by atoms with Crippen LogP contribution >= 0.6 is 24.0 Å². The molecule has 3 rings (SSSR count). The van der Waals surface area contributed by atoms with E-state index in [1.54, 1.807) is 0 Å². The summed E-state index contributed by atoms with van der Waals surface area (Å²) in [6, 6.07) is 3.18. The third-order valence-corrected chi connectivity index (χ3v) is 4.24. The van der Waals surface area contributed by atoms with Crippen molar-refractivity contribution in [3.05, 3.63) is 29.8 Å². The molecule has 1 saturated heterocycles. The molecule has 3 N–H and O–H groups in total. The van der Waals surface area contributed by atoms with Crippen molar-refractivity contribution in [1.29, 1.82) is 0 Å². The van der Waals surface area contributed by atoms with E-state index in [1.165, 1.54) is 0 Å². The Kier molecular flexibility index (Phi) is 6.15. The van der Waals surface area contributed by atoms with E-state index >= 15 is 0 Å². The fourth-order valence-corrected chi connectivity index (χ4v) is 2.76. The molecule has 2 aliphatic rings. The summed E-state index contributed by atoms with van der Waals surface area (Å²) >= 11 is 0. The molecule has 0 atom stereocenters. The highest BCUT2D eigenvalue weighted by Gasteiger charge is 2.48. The van der Waals surface area contributed by atoms with E-state index in [1.807, 2.05) is 0 Å². The van der Waals surface area contributed by atoms with Crippen LogP contribution in [0.4, 0.5) is 14.5 Å². The van der Waals surface area contributed by atoms with E-state index in [-0.39, 0.29) is 41.2 Å². The maximum absolute atomic E-state index is 13.5. The van der Waals surface area contributed by atoms with Gasteiger partial charge in [0.2, 0.25) is 0 Å². The van der Waals surface area contributed by atoms with Gasteiger partial charge in [0.15, 0.2) is 5.96 Å². The van der Waals surface area contributed by atoms with E-state index < -0.39 is 11.6 Å². The number of hydrogen-bond donors (Lipinski definition) is 2. The van der Waals surface area contributed by atoms with Gasteiger partial charge in [-0.15, -0.1) is 24.0 Å². The highest BCUT2D eigenvalue weighted by Crippen LogP contribution is 2.42. The van der Waals surface area contributed by atoms with Crippen molar-refractivity contribution < 1.29 is 13.5 Å². The quantitative estimate of drug-likeness (QED) is 0.430. The Balaban J connectivity index is 0.00000192. The van der Waals surface area contributed by atoms with Gasteiger partial charge in [0.25, 0.3) is 0 Å². The minimum Gasteiger partial charge on any atom is -0.379 e. The van der Waals surface area contributed by atoms with Gasteiger partial charge in [-0.05, 0) is 25.0 Å². The van der Waals surface area contributed by atoms with Crippen molar-refractivity contribution in [2.45, 2.75) is 18.4 Å².